The van der Waals surface area contributed by atoms with Crippen LogP contribution in [0, 0.1) is 5.92 Å². The van der Waals surface area contributed by atoms with Crippen molar-refractivity contribution in [1.29, 1.82) is 0 Å². The summed E-state index contributed by atoms with van der Waals surface area (Å²) < 4.78 is 6.05. The first-order chi connectivity index (χ1) is 6.09. The average molecular weight is 247 g/mol. The third kappa shape index (κ3) is 3.22. The zero-order chi connectivity index (χ0) is 9.84. The van der Waals surface area contributed by atoms with Crippen molar-refractivity contribution in [2.24, 2.45) is 5.92 Å². The molecule has 72 valence electrons. The summed E-state index contributed by atoms with van der Waals surface area (Å²) in [5.41, 5.74) is 0. The van der Waals surface area contributed by atoms with Crippen molar-refractivity contribution in [1.82, 2.24) is 0 Å². The fourth-order valence-corrected chi connectivity index (χ4v) is 1.32. The predicted octanol–water partition coefficient (Wildman–Crippen LogP) is 2.70. The maximum absolute atomic E-state index is 10.5. The van der Waals surface area contributed by atoms with E-state index in [2.05, 4.69) is 15.9 Å². The normalized spacial score (nSPS) is 12.8. The van der Waals surface area contributed by atoms with Crippen LogP contribution in [0.15, 0.2) is 21.2 Å². The van der Waals surface area contributed by atoms with Crippen molar-refractivity contribution in [3.8, 4) is 0 Å². The maximum atomic E-state index is 10.5. The predicted molar refractivity (Wildman–Crippen MR) is 51.5 cm³/mol. The van der Waals surface area contributed by atoms with E-state index in [-0.39, 0.29) is 5.92 Å². The molecule has 1 aromatic rings. The van der Waals surface area contributed by atoms with Crippen molar-refractivity contribution in [2.75, 3.05) is 0 Å². The summed E-state index contributed by atoms with van der Waals surface area (Å²) >= 11 is 3.26. The van der Waals surface area contributed by atoms with Gasteiger partial charge in [0.2, 0.25) is 0 Å². The Balaban J connectivity index is 2.39. The molecule has 0 aliphatic carbocycles. The van der Waals surface area contributed by atoms with Gasteiger partial charge in [0.05, 0.1) is 10.4 Å². The second-order valence-corrected chi connectivity index (χ2v) is 3.92. The number of carbonyl (C=O) groups is 1. The van der Waals surface area contributed by atoms with Gasteiger partial charge in [-0.25, -0.2) is 0 Å². The van der Waals surface area contributed by atoms with Gasteiger partial charge in [0, 0.05) is 6.42 Å². The van der Waals surface area contributed by atoms with E-state index in [9.17, 15) is 4.79 Å². The van der Waals surface area contributed by atoms with Gasteiger partial charge >= 0.3 is 5.97 Å². The monoisotopic (exact) mass is 246 g/mol. The smallest absolute Gasteiger partial charge is 0.306 e. The number of halogens is 1. The Labute approximate surface area is 84.9 Å². The van der Waals surface area contributed by atoms with Crippen LogP contribution in [0.2, 0.25) is 0 Å². The van der Waals surface area contributed by atoms with E-state index < -0.39 is 5.97 Å². The Morgan fingerprint density at radius 3 is 2.92 bits per heavy atom. The average Bonchev–Trinajstić information content (AvgIpc) is 2.47. The van der Waals surface area contributed by atoms with Gasteiger partial charge in [0.15, 0.2) is 0 Å². The summed E-state index contributed by atoms with van der Waals surface area (Å²) in [5.74, 6) is -0.255. The van der Waals surface area contributed by atoms with E-state index >= 15 is 0 Å². The lowest BCUT2D eigenvalue weighted by Crippen LogP contribution is -2.09. The molecule has 1 atom stereocenters. The summed E-state index contributed by atoms with van der Waals surface area (Å²) in [6.07, 6.45) is 2.87. The van der Waals surface area contributed by atoms with E-state index in [0.717, 1.165) is 10.2 Å². The van der Waals surface area contributed by atoms with Crippen LogP contribution >= 0.6 is 15.9 Å². The van der Waals surface area contributed by atoms with E-state index in [4.69, 9.17) is 9.52 Å². The second-order valence-electron chi connectivity index (χ2n) is 3.01. The molecule has 3 nitrogen and oxygen atoms in total. The maximum Gasteiger partial charge on any atom is 0.306 e. The minimum atomic E-state index is -0.759. The standard InChI is InChI=1S/C9H11BrO3/c1-6(9(11)12)2-3-8-4-7(10)5-13-8/h4-6H,2-3H2,1H3,(H,11,12). The van der Waals surface area contributed by atoms with Crippen LogP contribution in [0.5, 0.6) is 0 Å². The number of carboxylic acids is 1. The Morgan fingerprint density at radius 2 is 2.46 bits per heavy atom. The Bertz CT molecular complexity index is 293. The molecule has 1 unspecified atom stereocenters. The summed E-state index contributed by atoms with van der Waals surface area (Å²) in [6.45, 7) is 1.69. The lowest BCUT2D eigenvalue weighted by atomic mass is 10.1. The van der Waals surface area contributed by atoms with Crippen LogP contribution in [-0.2, 0) is 11.2 Å². The highest BCUT2D eigenvalue weighted by atomic mass is 79.9. The zero-order valence-electron chi connectivity index (χ0n) is 7.29. The van der Waals surface area contributed by atoms with E-state index in [1.807, 2.05) is 6.07 Å². The summed E-state index contributed by atoms with van der Waals surface area (Å²) in [4.78, 5) is 10.5. The highest BCUT2D eigenvalue weighted by Gasteiger charge is 2.11. The largest absolute Gasteiger partial charge is 0.481 e. The van der Waals surface area contributed by atoms with Crippen molar-refractivity contribution in [2.45, 2.75) is 19.8 Å². The molecular formula is C9H11BrO3. The van der Waals surface area contributed by atoms with Gasteiger partial charge in [-0.1, -0.05) is 6.92 Å². The first-order valence-electron chi connectivity index (χ1n) is 4.05. The molecule has 13 heavy (non-hydrogen) atoms. The molecule has 0 spiro atoms. The van der Waals surface area contributed by atoms with Crippen LogP contribution in [0.1, 0.15) is 19.1 Å². The van der Waals surface area contributed by atoms with Crippen LogP contribution in [-0.4, -0.2) is 11.1 Å². The summed E-state index contributed by atoms with van der Waals surface area (Å²) in [7, 11) is 0. The van der Waals surface area contributed by atoms with E-state index in [0.29, 0.717) is 12.8 Å². The lowest BCUT2D eigenvalue weighted by Gasteiger charge is -2.02. The zero-order valence-corrected chi connectivity index (χ0v) is 8.87. The first kappa shape index (κ1) is 10.3. The summed E-state index contributed by atoms with van der Waals surface area (Å²) in [6, 6.07) is 1.86. The molecule has 0 amide bonds. The molecular weight excluding hydrogens is 236 g/mol. The van der Waals surface area contributed by atoms with Crippen molar-refractivity contribution in [3.63, 3.8) is 0 Å². The molecule has 1 N–H and O–H groups in total. The fraction of sp³-hybridized carbons (Fsp3) is 0.444. The number of furan rings is 1. The van der Waals surface area contributed by atoms with Gasteiger partial charge in [-0.2, -0.15) is 0 Å². The van der Waals surface area contributed by atoms with Crippen LogP contribution in [0.25, 0.3) is 0 Å². The Kier molecular flexibility index (Phi) is 3.54. The van der Waals surface area contributed by atoms with Gasteiger partial charge in [0.1, 0.15) is 12.0 Å². The van der Waals surface area contributed by atoms with Gasteiger partial charge in [-0.3, -0.25) is 4.79 Å². The van der Waals surface area contributed by atoms with Gasteiger partial charge in [-0.05, 0) is 28.4 Å². The first-order valence-corrected chi connectivity index (χ1v) is 4.84. The molecule has 0 saturated carbocycles. The second kappa shape index (κ2) is 4.46. The highest BCUT2D eigenvalue weighted by molar-refractivity contribution is 9.10. The molecule has 1 rings (SSSR count). The van der Waals surface area contributed by atoms with Gasteiger partial charge < -0.3 is 9.52 Å². The molecule has 1 heterocycles. The van der Waals surface area contributed by atoms with Crippen LogP contribution < -0.4 is 0 Å². The topological polar surface area (TPSA) is 50.4 Å². The van der Waals surface area contributed by atoms with Crippen molar-refractivity contribution >= 4 is 21.9 Å². The van der Waals surface area contributed by atoms with Gasteiger partial charge in [-0.15, -0.1) is 0 Å². The number of hydrogen-bond acceptors (Lipinski definition) is 2. The minimum Gasteiger partial charge on any atom is -0.481 e. The number of aryl methyl sites for hydroxylation is 1. The highest BCUT2D eigenvalue weighted by Crippen LogP contribution is 2.17. The molecule has 0 fully saturated rings. The van der Waals surface area contributed by atoms with Crippen LogP contribution in [0.3, 0.4) is 0 Å². The lowest BCUT2D eigenvalue weighted by molar-refractivity contribution is -0.141. The fourth-order valence-electron chi connectivity index (χ4n) is 0.967. The third-order valence-electron chi connectivity index (χ3n) is 1.87. The molecule has 0 saturated heterocycles. The summed E-state index contributed by atoms with van der Waals surface area (Å²) in [5, 5.41) is 8.63. The van der Waals surface area contributed by atoms with Crippen molar-refractivity contribution in [3.05, 3.63) is 22.6 Å². The molecule has 0 aliphatic rings. The number of rotatable bonds is 4. The molecule has 0 bridgehead atoms. The molecule has 4 heteroatoms. The molecule has 1 aromatic heterocycles. The number of aliphatic carboxylic acids is 1. The van der Waals surface area contributed by atoms with Crippen LogP contribution in [0.4, 0.5) is 0 Å². The Hall–Kier alpha value is -0.770. The van der Waals surface area contributed by atoms with E-state index in [1.165, 1.54) is 0 Å². The molecule has 0 radical (unpaired) electrons. The van der Waals surface area contributed by atoms with Crippen molar-refractivity contribution < 1.29 is 14.3 Å². The Morgan fingerprint density at radius 1 is 1.77 bits per heavy atom. The SMILES string of the molecule is CC(CCc1cc(Br)co1)C(=O)O. The van der Waals surface area contributed by atoms with E-state index in [1.54, 1.807) is 13.2 Å². The number of hydrogen-bond donors (Lipinski definition) is 1. The molecule has 0 aliphatic heterocycles. The third-order valence-corrected chi connectivity index (χ3v) is 2.28. The quantitative estimate of drug-likeness (QED) is 0.889. The minimum absolute atomic E-state index is 0.316. The number of carboxylic acid groups (broad SMARTS) is 1. The van der Waals surface area contributed by atoms with Gasteiger partial charge in [0.25, 0.3) is 0 Å². The molecule has 0 aromatic carbocycles.